The third-order valence-corrected chi connectivity index (χ3v) is 4.18. The van der Waals surface area contributed by atoms with Gasteiger partial charge in [-0.05, 0) is 58.3 Å². The van der Waals surface area contributed by atoms with Crippen molar-refractivity contribution in [2.24, 2.45) is 11.8 Å². The molecule has 0 aromatic rings. The van der Waals surface area contributed by atoms with Crippen LogP contribution in [0.15, 0.2) is 23.3 Å². The SMILES string of the molecule is CC1=CCC(COC(=O)C2CC=C(C)CC2)CC1. The van der Waals surface area contributed by atoms with Crippen molar-refractivity contribution in [2.75, 3.05) is 6.61 Å². The average Bonchev–Trinajstić information content (AvgIpc) is 2.38. The monoisotopic (exact) mass is 248 g/mol. The second-order valence-electron chi connectivity index (χ2n) is 5.84. The number of allylic oxidation sites excluding steroid dienone is 4. The van der Waals surface area contributed by atoms with E-state index in [1.807, 2.05) is 0 Å². The molecule has 2 nitrogen and oxygen atoms in total. The number of ether oxygens (including phenoxy) is 1. The first-order valence-electron chi connectivity index (χ1n) is 7.13. The summed E-state index contributed by atoms with van der Waals surface area (Å²) in [4.78, 5) is 11.9. The summed E-state index contributed by atoms with van der Waals surface area (Å²) in [5.74, 6) is 0.665. The van der Waals surface area contributed by atoms with Crippen molar-refractivity contribution in [2.45, 2.75) is 52.4 Å². The second kappa shape index (κ2) is 6.21. The largest absolute Gasteiger partial charge is 0.465 e. The van der Waals surface area contributed by atoms with Crippen LogP contribution < -0.4 is 0 Å². The van der Waals surface area contributed by atoms with Crippen LogP contribution in [-0.4, -0.2) is 12.6 Å². The number of hydrogen-bond donors (Lipinski definition) is 0. The summed E-state index contributed by atoms with van der Waals surface area (Å²) in [5.41, 5.74) is 2.89. The molecule has 2 rings (SSSR count). The summed E-state index contributed by atoms with van der Waals surface area (Å²) in [7, 11) is 0. The molecule has 0 aromatic heterocycles. The minimum Gasteiger partial charge on any atom is -0.465 e. The van der Waals surface area contributed by atoms with Crippen molar-refractivity contribution in [1.82, 2.24) is 0 Å². The Morgan fingerprint density at radius 2 is 1.83 bits per heavy atom. The van der Waals surface area contributed by atoms with E-state index >= 15 is 0 Å². The molecular weight excluding hydrogens is 224 g/mol. The van der Waals surface area contributed by atoms with Crippen LogP contribution >= 0.6 is 0 Å². The highest BCUT2D eigenvalue weighted by atomic mass is 16.5. The summed E-state index contributed by atoms with van der Waals surface area (Å²) in [5, 5.41) is 0. The molecule has 0 saturated heterocycles. The van der Waals surface area contributed by atoms with Crippen LogP contribution in [0.4, 0.5) is 0 Å². The molecule has 0 bridgehead atoms. The van der Waals surface area contributed by atoms with Crippen LogP contribution in [0.5, 0.6) is 0 Å². The predicted octanol–water partition coefficient (Wildman–Crippen LogP) is 4.02. The minimum absolute atomic E-state index is 0.0185. The lowest BCUT2D eigenvalue weighted by Crippen LogP contribution is -2.23. The fraction of sp³-hybridized carbons (Fsp3) is 0.688. The maximum atomic E-state index is 11.9. The quantitative estimate of drug-likeness (QED) is 0.557. The Labute approximate surface area is 110 Å². The lowest BCUT2D eigenvalue weighted by Gasteiger charge is -2.23. The third-order valence-electron chi connectivity index (χ3n) is 4.18. The van der Waals surface area contributed by atoms with E-state index in [1.54, 1.807) is 0 Å². The maximum absolute atomic E-state index is 11.9. The molecule has 0 aliphatic heterocycles. The van der Waals surface area contributed by atoms with Gasteiger partial charge in [0.1, 0.15) is 0 Å². The predicted molar refractivity (Wildman–Crippen MR) is 73.2 cm³/mol. The first kappa shape index (κ1) is 13.4. The van der Waals surface area contributed by atoms with Gasteiger partial charge in [0.05, 0.1) is 12.5 Å². The molecule has 0 N–H and O–H groups in total. The Kier molecular flexibility index (Phi) is 4.62. The Morgan fingerprint density at radius 3 is 2.39 bits per heavy atom. The summed E-state index contributed by atoms with van der Waals surface area (Å²) >= 11 is 0. The lowest BCUT2D eigenvalue weighted by molar-refractivity contribution is -0.150. The van der Waals surface area contributed by atoms with Crippen molar-refractivity contribution >= 4 is 5.97 Å². The van der Waals surface area contributed by atoms with Crippen molar-refractivity contribution in [3.05, 3.63) is 23.3 Å². The number of carbonyl (C=O) groups is 1. The minimum atomic E-state index is 0.0185. The van der Waals surface area contributed by atoms with Gasteiger partial charge in [0.25, 0.3) is 0 Å². The van der Waals surface area contributed by atoms with Gasteiger partial charge in [-0.3, -0.25) is 4.79 Å². The van der Waals surface area contributed by atoms with Gasteiger partial charge in [-0.2, -0.15) is 0 Å². The van der Waals surface area contributed by atoms with Gasteiger partial charge in [0.2, 0.25) is 0 Å². The summed E-state index contributed by atoms with van der Waals surface area (Å²) in [6, 6.07) is 0. The van der Waals surface area contributed by atoms with Gasteiger partial charge in [-0.1, -0.05) is 23.3 Å². The molecule has 0 spiro atoms. The van der Waals surface area contributed by atoms with Crippen LogP contribution in [0, 0.1) is 11.8 Å². The van der Waals surface area contributed by atoms with Crippen LogP contribution in [0.1, 0.15) is 52.4 Å². The first-order valence-corrected chi connectivity index (χ1v) is 7.13. The smallest absolute Gasteiger partial charge is 0.309 e. The van der Waals surface area contributed by atoms with E-state index in [0.717, 1.165) is 32.1 Å². The van der Waals surface area contributed by atoms with Crippen LogP contribution in [0.3, 0.4) is 0 Å². The third kappa shape index (κ3) is 3.72. The molecule has 18 heavy (non-hydrogen) atoms. The van der Waals surface area contributed by atoms with Crippen LogP contribution in [-0.2, 0) is 9.53 Å². The van der Waals surface area contributed by atoms with Gasteiger partial charge in [0, 0.05) is 0 Å². The molecule has 0 aromatic carbocycles. The Morgan fingerprint density at radius 1 is 1.17 bits per heavy atom. The van der Waals surface area contributed by atoms with E-state index in [-0.39, 0.29) is 11.9 Å². The molecule has 0 heterocycles. The normalized spacial score (nSPS) is 28.3. The van der Waals surface area contributed by atoms with Crippen molar-refractivity contribution in [1.29, 1.82) is 0 Å². The fourth-order valence-electron chi connectivity index (χ4n) is 2.67. The molecule has 100 valence electrons. The van der Waals surface area contributed by atoms with Crippen molar-refractivity contribution in [3.8, 4) is 0 Å². The summed E-state index contributed by atoms with van der Waals surface area (Å²) in [6.45, 7) is 4.93. The Bertz CT molecular complexity index is 365. The van der Waals surface area contributed by atoms with E-state index in [4.69, 9.17) is 4.74 Å². The number of rotatable bonds is 3. The molecular formula is C16H24O2. The molecule has 0 radical (unpaired) electrons. The van der Waals surface area contributed by atoms with E-state index in [9.17, 15) is 4.79 Å². The van der Waals surface area contributed by atoms with Crippen LogP contribution in [0.25, 0.3) is 0 Å². The Hall–Kier alpha value is -1.05. The van der Waals surface area contributed by atoms with E-state index in [2.05, 4.69) is 26.0 Å². The molecule has 0 saturated carbocycles. The van der Waals surface area contributed by atoms with Gasteiger partial charge in [-0.25, -0.2) is 0 Å². The van der Waals surface area contributed by atoms with Gasteiger partial charge in [0.15, 0.2) is 0 Å². The molecule has 2 aliphatic carbocycles. The molecule has 0 fully saturated rings. The number of hydrogen-bond acceptors (Lipinski definition) is 2. The average molecular weight is 248 g/mol. The highest BCUT2D eigenvalue weighted by Crippen LogP contribution is 2.26. The van der Waals surface area contributed by atoms with Crippen LogP contribution in [0.2, 0.25) is 0 Å². The van der Waals surface area contributed by atoms with E-state index in [1.165, 1.54) is 17.6 Å². The zero-order valence-electron chi connectivity index (χ0n) is 11.6. The maximum Gasteiger partial charge on any atom is 0.309 e. The molecule has 2 atom stereocenters. The standard InChI is InChI=1S/C16H24O2/c1-12-3-7-14(8-4-12)11-18-16(17)15-9-5-13(2)6-10-15/h3,5,14-15H,4,6-11H2,1-2H3. The zero-order valence-corrected chi connectivity index (χ0v) is 11.6. The molecule has 2 aliphatic rings. The van der Waals surface area contributed by atoms with E-state index < -0.39 is 0 Å². The van der Waals surface area contributed by atoms with Crippen molar-refractivity contribution < 1.29 is 9.53 Å². The number of carbonyl (C=O) groups excluding carboxylic acids is 1. The Balaban J connectivity index is 1.72. The lowest BCUT2D eigenvalue weighted by atomic mass is 9.89. The first-order chi connectivity index (χ1) is 8.65. The molecule has 2 heteroatoms. The highest BCUT2D eigenvalue weighted by Gasteiger charge is 2.23. The van der Waals surface area contributed by atoms with E-state index in [0.29, 0.717) is 12.5 Å². The van der Waals surface area contributed by atoms with Gasteiger partial charge >= 0.3 is 5.97 Å². The van der Waals surface area contributed by atoms with Gasteiger partial charge < -0.3 is 4.74 Å². The number of esters is 1. The zero-order chi connectivity index (χ0) is 13.0. The second-order valence-corrected chi connectivity index (χ2v) is 5.84. The summed E-state index contributed by atoms with van der Waals surface area (Å²) in [6.07, 6.45) is 10.7. The molecule has 0 amide bonds. The van der Waals surface area contributed by atoms with Crippen molar-refractivity contribution in [3.63, 3.8) is 0 Å². The summed E-state index contributed by atoms with van der Waals surface area (Å²) < 4.78 is 5.49. The molecule has 2 unspecified atom stereocenters. The fourth-order valence-corrected chi connectivity index (χ4v) is 2.67. The van der Waals surface area contributed by atoms with Gasteiger partial charge in [-0.15, -0.1) is 0 Å². The topological polar surface area (TPSA) is 26.3 Å². The highest BCUT2D eigenvalue weighted by molar-refractivity contribution is 5.72.